The highest BCUT2D eigenvalue weighted by Gasteiger charge is 2.03. The number of hydrogen-bond donors (Lipinski definition) is 0. The molecule has 0 aromatic heterocycles. The lowest BCUT2D eigenvalue weighted by Crippen LogP contribution is -1.93. The molecule has 0 spiro atoms. The fourth-order valence-corrected chi connectivity index (χ4v) is 2.54. The molecule has 3 aromatic rings. The van der Waals surface area contributed by atoms with E-state index in [2.05, 4.69) is 0 Å². The van der Waals surface area contributed by atoms with E-state index in [4.69, 9.17) is 11.6 Å². The van der Waals surface area contributed by atoms with Gasteiger partial charge in [-0.1, -0.05) is 78.3 Å². The second-order valence-corrected chi connectivity index (χ2v) is 5.64. The van der Waals surface area contributed by atoms with E-state index in [-0.39, 0.29) is 5.78 Å². The van der Waals surface area contributed by atoms with Crippen LogP contribution in [0.3, 0.4) is 0 Å². The molecule has 0 amide bonds. The quantitative estimate of drug-likeness (QED) is 0.334. The molecule has 1 nitrogen and oxygen atoms in total. The summed E-state index contributed by atoms with van der Waals surface area (Å²) in [7, 11) is 0. The maximum Gasteiger partial charge on any atom is 0.185 e. The molecule has 0 radical (unpaired) electrons. The molecule has 0 aliphatic heterocycles. The van der Waals surface area contributed by atoms with E-state index in [9.17, 15) is 4.79 Å². The predicted molar refractivity (Wildman–Crippen MR) is 97.7 cm³/mol. The summed E-state index contributed by atoms with van der Waals surface area (Å²) in [6, 6.07) is 23.4. The van der Waals surface area contributed by atoms with Crippen LogP contribution >= 0.6 is 11.6 Å². The van der Waals surface area contributed by atoms with Crippen molar-refractivity contribution in [3.8, 4) is 0 Å². The van der Waals surface area contributed by atoms with Gasteiger partial charge < -0.3 is 0 Å². The van der Waals surface area contributed by atoms with Gasteiger partial charge in [-0.05, 0) is 40.6 Å². The standard InChI is InChI=1S/C21H15ClO/c22-20(14-16-6-2-1-3-7-16)12-13-21(23)19-11-10-17-8-4-5-9-18(17)15-19/h1-15H/b13-12+,20-14-. The molecular formula is C21H15ClO. The molecule has 0 unspecified atom stereocenters. The van der Waals surface area contributed by atoms with Gasteiger partial charge in [0.15, 0.2) is 5.78 Å². The summed E-state index contributed by atoms with van der Waals surface area (Å²) in [5.41, 5.74) is 1.66. The maximum atomic E-state index is 12.3. The Morgan fingerprint density at radius 1 is 0.783 bits per heavy atom. The molecule has 0 aliphatic carbocycles. The maximum absolute atomic E-state index is 12.3. The second-order valence-electron chi connectivity index (χ2n) is 5.20. The molecule has 2 heteroatoms. The number of fused-ring (bicyclic) bond motifs is 1. The van der Waals surface area contributed by atoms with E-state index in [0.29, 0.717) is 10.6 Å². The third-order valence-electron chi connectivity index (χ3n) is 3.53. The molecule has 112 valence electrons. The Morgan fingerprint density at radius 3 is 2.26 bits per heavy atom. The monoisotopic (exact) mass is 318 g/mol. The van der Waals surface area contributed by atoms with Crippen LogP contribution in [0.1, 0.15) is 15.9 Å². The summed E-state index contributed by atoms with van der Waals surface area (Å²) in [5, 5.41) is 2.69. The Bertz CT molecular complexity index is 892. The lowest BCUT2D eigenvalue weighted by atomic mass is 10.0. The Balaban J connectivity index is 1.78. The van der Waals surface area contributed by atoms with Gasteiger partial charge in [0.05, 0.1) is 0 Å². The summed E-state index contributed by atoms with van der Waals surface area (Å²) in [6.45, 7) is 0. The molecule has 0 heterocycles. The molecule has 0 N–H and O–H groups in total. The third kappa shape index (κ3) is 3.97. The summed E-state index contributed by atoms with van der Waals surface area (Å²) in [5.74, 6) is -0.0598. The number of halogens is 1. The summed E-state index contributed by atoms with van der Waals surface area (Å²) >= 11 is 6.16. The summed E-state index contributed by atoms with van der Waals surface area (Å²) < 4.78 is 0. The smallest absolute Gasteiger partial charge is 0.185 e. The first-order valence-corrected chi connectivity index (χ1v) is 7.74. The molecular weight excluding hydrogens is 304 g/mol. The average Bonchev–Trinajstić information content (AvgIpc) is 2.60. The van der Waals surface area contributed by atoms with Crippen molar-refractivity contribution < 1.29 is 4.79 Å². The van der Waals surface area contributed by atoms with E-state index in [1.807, 2.05) is 78.9 Å². The average molecular weight is 319 g/mol. The fraction of sp³-hybridized carbons (Fsp3) is 0. The van der Waals surface area contributed by atoms with Crippen molar-refractivity contribution in [3.05, 3.63) is 101 Å². The van der Waals surface area contributed by atoms with Gasteiger partial charge in [0.25, 0.3) is 0 Å². The first-order valence-electron chi connectivity index (χ1n) is 7.36. The van der Waals surface area contributed by atoms with Crippen molar-refractivity contribution in [1.29, 1.82) is 0 Å². The highest BCUT2D eigenvalue weighted by Crippen LogP contribution is 2.17. The van der Waals surface area contributed by atoms with Gasteiger partial charge in [0.1, 0.15) is 0 Å². The van der Waals surface area contributed by atoms with Crippen LogP contribution in [0, 0.1) is 0 Å². The van der Waals surface area contributed by atoms with Crippen LogP contribution in [-0.4, -0.2) is 5.78 Å². The molecule has 0 aliphatic rings. The normalized spacial score (nSPS) is 12.0. The van der Waals surface area contributed by atoms with Crippen molar-refractivity contribution in [3.63, 3.8) is 0 Å². The van der Waals surface area contributed by atoms with Crippen molar-refractivity contribution in [2.45, 2.75) is 0 Å². The van der Waals surface area contributed by atoms with Crippen LogP contribution < -0.4 is 0 Å². The largest absolute Gasteiger partial charge is 0.289 e. The molecule has 23 heavy (non-hydrogen) atoms. The van der Waals surface area contributed by atoms with Crippen molar-refractivity contribution in [1.82, 2.24) is 0 Å². The summed E-state index contributed by atoms with van der Waals surface area (Å²) in [6.07, 6.45) is 4.96. The fourth-order valence-electron chi connectivity index (χ4n) is 2.35. The number of ketones is 1. The van der Waals surface area contributed by atoms with Gasteiger partial charge in [-0.3, -0.25) is 4.79 Å². The minimum Gasteiger partial charge on any atom is -0.289 e. The number of carbonyl (C=O) groups is 1. The Hall–Kier alpha value is -2.64. The minimum absolute atomic E-state index is 0.0598. The third-order valence-corrected chi connectivity index (χ3v) is 3.77. The first-order chi connectivity index (χ1) is 11.2. The lowest BCUT2D eigenvalue weighted by molar-refractivity contribution is 0.104. The van der Waals surface area contributed by atoms with Gasteiger partial charge in [-0.15, -0.1) is 0 Å². The van der Waals surface area contributed by atoms with E-state index >= 15 is 0 Å². The number of carbonyl (C=O) groups excluding carboxylic acids is 1. The number of hydrogen-bond acceptors (Lipinski definition) is 1. The molecule has 0 bridgehead atoms. The SMILES string of the molecule is O=C(/C=C/C(Cl)=C/c1ccccc1)c1ccc2ccccc2c1. The Kier molecular flexibility index (Phi) is 4.70. The molecule has 0 fully saturated rings. The Labute approximate surface area is 140 Å². The van der Waals surface area contributed by atoms with Crippen LogP contribution in [0.15, 0.2) is 90.0 Å². The van der Waals surface area contributed by atoms with Crippen LogP contribution in [0.25, 0.3) is 16.8 Å². The Morgan fingerprint density at radius 2 is 1.48 bits per heavy atom. The zero-order chi connectivity index (χ0) is 16.1. The molecule has 3 aromatic carbocycles. The van der Waals surface area contributed by atoms with Crippen molar-refractivity contribution in [2.24, 2.45) is 0 Å². The van der Waals surface area contributed by atoms with E-state index < -0.39 is 0 Å². The minimum atomic E-state index is -0.0598. The van der Waals surface area contributed by atoms with Gasteiger partial charge in [-0.25, -0.2) is 0 Å². The molecule has 0 atom stereocenters. The van der Waals surface area contributed by atoms with E-state index in [1.165, 1.54) is 6.08 Å². The predicted octanol–water partition coefficient (Wildman–Crippen LogP) is 5.86. The molecule has 0 saturated heterocycles. The van der Waals surface area contributed by atoms with Crippen molar-refractivity contribution >= 4 is 34.2 Å². The zero-order valence-electron chi connectivity index (χ0n) is 12.4. The highest BCUT2D eigenvalue weighted by atomic mass is 35.5. The van der Waals surface area contributed by atoms with Gasteiger partial charge >= 0.3 is 0 Å². The topological polar surface area (TPSA) is 17.1 Å². The molecule has 3 rings (SSSR count). The van der Waals surface area contributed by atoms with Crippen LogP contribution in [0.2, 0.25) is 0 Å². The lowest BCUT2D eigenvalue weighted by Gasteiger charge is -2.00. The number of benzene rings is 3. The number of allylic oxidation sites excluding steroid dienone is 3. The second kappa shape index (κ2) is 7.08. The molecule has 0 saturated carbocycles. The van der Waals surface area contributed by atoms with Crippen LogP contribution in [0.5, 0.6) is 0 Å². The van der Waals surface area contributed by atoms with Crippen LogP contribution in [-0.2, 0) is 0 Å². The van der Waals surface area contributed by atoms with Gasteiger partial charge in [0.2, 0.25) is 0 Å². The van der Waals surface area contributed by atoms with Crippen molar-refractivity contribution in [2.75, 3.05) is 0 Å². The van der Waals surface area contributed by atoms with E-state index in [1.54, 1.807) is 6.08 Å². The summed E-state index contributed by atoms with van der Waals surface area (Å²) in [4.78, 5) is 12.3. The van der Waals surface area contributed by atoms with Gasteiger partial charge in [0, 0.05) is 10.6 Å². The van der Waals surface area contributed by atoms with Crippen LogP contribution in [0.4, 0.5) is 0 Å². The highest BCUT2D eigenvalue weighted by molar-refractivity contribution is 6.33. The first kappa shape index (κ1) is 15.3. The number of rotatable bonds is 4. The van der Waals surface area contributed by atoms with E-state index in [0.717, 1.165) is 16.3 Å². The van der Waals surface area contributed by atoms with Gasteiger partial charge in [-0.2, -0.15) is 0 Å². The zero-order valence-corrected chi connectivity index (χ0v) is 13.2.